The molecule has 0 fully saturated rings. The molecule has 0 unspecified atom stereocenters. The second-order valence-electron chi connectivity index (χ2n) is 4.77. The van der Waals surface area contributed by atoms with E-state index in [-0.39, 0.29) is 13.2 Å². The molecule has 6 heteroatoms. The Hall–Kier alpha value is -2.89. The van der Waals surface area contributed by atoms with E-state index in [1.165, 1.54) is 6.08 Å². The molecule has 2 aromatic rings. The molecule has 1 aliphatic rings. The van der Waals surface area contributed by atoms with Crippen LogP contribution in [0.4, 0.5) is 4.79 Å². The molecule has 112 valence electrons. The van der Waals surface area contributed by atoms with E-state index in [0.717, 1.165) is 10.5 Å². The second-order valence-corrected chi connectivity index (χ2v) is 4.77. The van der Waals surface area contributed by atoms with Crippen LogP contribution in [0.3, 0.4) is 0 Å². The maximum Gasteiger partial charge on any atom is 0.417 e. The van der Waals surface area contributed by atoms with Gasteiger partial charge in [-0.1, -0.05) is 48.1 Å². The van der Waals surface area contributed by atoms with E-state index in [4.69, 9.17) is 9.26 Å². The summed E-state index contributed by atoms with van der Waals surface area (Å²) >= 11 is 0. The van der Waals surface area contributed by atoms with Crippen LogP contribution in [0, 0.1) is 0 Å². The van der Waals surface area contributed by atoms with Crippen LogP contribution in [0.25, 0.3) is 11.3 Å². The van der Waals surface area contributed by atoms with Crippen molar-refractivity contribution in [1.82, 2.24) is 10.1 Å². The van der Waals surface area contributed by atoms with Gasteiger partial charge in [0.2, 0.25) is 0 Å². The molecule has 0 aliphatic carbocycles. The van der Waals surface area contributed by atoms with Crippen LogP contribution >= 0.6 is 0 Å². The molecule has 22 heavy (non-hydrogen) atoms. The Morgan fingerprint density at radius 3 is 2.91 bits per heavy atom. The van der Waals surface area contributed by atoms with Crippen LogP contribution < -0.4 is 0 Å². The van der Waals surface area contributed by atoms with Gasteiger partial charge in [-0.15, -0.1) is 0 Å². The highest BCUT2D eigenvalue weighted by Crippen LogP contribution is 2.30. The average Bonchev–Trinajstić information content (AvgIpc) is 2.99. The predicted octanol–water partition coefficient (Wildman–Crippen LogP) is 2.66. The molecule has 2 amide bonds. The van der Waals surface area contributed by atoms with Gasteiger partial charge in [0.15, 0.2) is 5.76 Å². The molecule has 0 radical (unpaired) electrons. The van der Waals surface area contributed by atoms with Crippen molar-refractivity contribution in [2.75, 3.05) is 13.2 Å². The number of carbonyl (C=O) groups excluding carboxylic acids is 2. The quantitative estimate of drug-likeness (QED) is 0.814. The summed E-state index contributed by atoms with van der Waals surface area (Å²) in [7, 11) is 0. The summed E-state index contributed by atoms with van der Waals surface area (Å²) in [5.74, 6) is 0.0482. The van der Waals surface area contributed by atoms with Gasteiger partial charge in [0.1, 0.15) is 17.9 Å². The highest BCUT2D eigenvalue weighted by atomic mass is 16.6. The van der Waals surface area contributed by atoms with E-state index < -0.39 is 12.0 Å². The van der Waals surface area contributed by atoms with E-state index in [2.05, 4.69) is 11.7 Å². The molecule has 0 saturated heterocycles. The first kappa shape index (κ1) is 14.1. The highest BCUT2D eigenvalue weighted by molar-refractivity contribution is 6.08. The SMILES string of the molecule is C=CCOC(=O)N1CCc2onc(-c3ccccc3)c2C1=O. The zero-order chi connectivity index (χ0) is 15.5. The zero-order valence-corrected chi connectivity index (χ0v) is 11.8. The second kappa shape index (κ2) is 5.85. The Bertz CT molecular complexity index is 721. The molecule has 1 aromatic carbocycles. The van der Waals surface area contributed by atoms with Crippen LogP contribution in [-0.2, 0) is 11.2 Å². The first-order valence-corrected chi connectivity index (χ1v) is 6.86. The average molecular weight is 298 g/mol. The van der Waals surface area contributed by atoms with Crippen molar-refractivity contribution < 1.29 is 18.8 Å². The maximum absolute atomic E-state index is 12.6. The van der Waals surface area contributed by atoms with E-state index in [1.807, 2.05) is 30.3 Å². The van der Waals surface area contributed by atoms with Gasteiger partial charge in [-0.25, -0.2) is 9.69 Å². The molecular weight excluding hydrogens is 284 g/mol. The molecule has 3 rings (SSSR count). The molecule has 1 aromatic heterocycles. The highest BCUT2D eigenvalue weighted by Gasteiger charge is 2.36. The number of ether oxygens (including phenoxy) is 1. The lowest BCUT2D eigenvalue weighted by Gasteiger charge is -2.23. The lowest BCUT2D eigenvalue weighted by Crippen LogP contribution is -2.42. The maximum atomic E-state index is 12.6. The fourth-order valence-electron chi connectivity index (χ4n) is 2.34. The molecule has 0 atom stereocenters. The van der Waals surface area contributed by atoms with Crippen molar-refractivity contribution >= 4 is 12.0 Å². The Kier molecular flexibility index (Phi) is 3.74. The molecule has 1 aliphatic heterocycles. The fraction of sp³-hybridized carbons (Fsp3) is 0.188. The van der Waals surface area contributed by atoms with Gasteiger partial charge in [0, 0.05) is 18.5 Å². The summed E-state index contributed by atoms with van der Waals surface area (Å²) in [4.78, 5) is 25.6. The number of fused-ring (bicyclic) bond motifs is 1. The summed E-state index contributed by atoms with van der Waals surface area (Å²) in [5.41, 5.74) is 1.54. The summed E-state index contributed by atoms with van der Waals surface area (Å²) in [6.07, 6.45) is 1.19. The number of benzene rings is 1. The molecule has 6 nitrogen and oxygen atoms in total. The van der Waals surface area contributed by atoms with Crippen molar-refractivity contribution in [3.05, 3.63) is 54.3 Å². The minimum absolute atomic E-state index is 0.0602. The minimum atomic E-state index is -0.684. The van der Waals surface area contributed by atoms with E-state index >= 15 is 0 Å². The van der Waals surface area contributed by atoms with Crippen molar-refractivity contribution in [2.24, 2.45) is 0 Å². The number of carbonyl (C=O) groups is 2. The largest absolute Gasteiger partial charge is 0.445 e. The molecule has 0 saturated carbocycles. The van der Waals surface area contributed by atoms with Gasteiger partial charge < -0.3 is 9.26 Å². The Morgan fingerprint density at radius 2 is 2.18 bits per heavy atom. The van der Waals surface area contributed by atoms with Gasteiger partial charge >= 0.3 is 6.09 Å². The van der Waals surface area contributed by atoms with Crippen molar-refractivity contribution in [1.29, 1.82) is 0 Å². The molecule has 2 heterocycles. The smallest absolute Gasteiger partial charge is 0.417 e. The van der Waals surface area contributed by atoms with Gasteiger partial charge in [0.25, 0.3) is 5.91 Å². The van der Waals surface area contributed by atoms with Crippen LogP contribution in [0.1, 0.15) is 16.1 Å². The van der Waals surface area contributed by atoms with Gasteiger partial charge in [-0.3, -0.25) is 4.79 Å². The van der Waals surface area contributed by atoms with E-state index in [0.29, 0.717) is 23.4 Å². The van der Waals surface area contributed by atoms with E-state index in [9.17, 15) is 9.59 Å². The number of aromatic nitrogens is 1. The Balaban J connectivity index is 1.93. The topological polar surface area (TPSA) is 72.6 Å². The normalized spacial score (nSPS) is 13.6. The number of rotatable bonds is 3. The van der Waals surface area contributed by atoms with Gasteiger partial charge in [0.05, 0.1) is 0 Å². The monoisotopic (exact) mass is 298 g/mol. The number of hydrogen-bond acceptors (Lipinski definition) is 5. The number of hydrogen-bond donors (Lipinski definition) is 0. The molecule has 0 N–H and O–H groups in total. The molecular formula is C16H14N2O4. The summed E-state index contributed by atoms with van der Waals surface area (Å²) in [6, 6.07) is 9.23. The Labute approximate surface area is 127 Å². The first-order valence-electron chi connectivity index (χ1n) is 6.86. The third-order valence-corrected chi connectivity index (χ3v) is 3.38. The molecule has 0 bridgehead atoms. The lowest BCUT2D eigenvalue weighted by atomic mass is 10.0. The number of imide groups is 1. The van der Waals surface area contributed by atoms with Crippen LogP contribution in [0.5, 0.6) is 0 Å². The lowest BCUT2D eigenvalue weighted by molar-refractivity contribution is 0.0662. The van der Waals surface area contributed by atoms with Crippen LogP contribution in [0.15, 0.2) is 47.5 Å². The fourth-order valence-corrected chi connectivity index (χ4v) is 2.34. The summed E-state index contributed by atoms with van der Waals surface area (Å²) in [6.45, 7) is 3.75. The predicted molar refractivity (Wildman–Crippen MR) is 78.2 cm³/mol. The van der Waals surface area contributed by atoms with Crippen LogP contribution in [-0.4, -0.2) is 35.2 Å². The van der Waals surface area contributed by atoms with Crippen LogP contribution in [0.2, 0.25) is 0 Å². The third kappa shape index (κ3) is 2.39. The third-order valence-electron chi connectivity index (χ3n) is 3.38. The standard InChI is InChI=1S/C16H14N2O4/c1-2-10-21-16(20)18-9-8-12-13(15(18)19)14(17-22-12)11-6-4-3-5-7-11/h2-7H,1,8-10H2. The minimum Gasteiger partial charge on any atom is -0.445 e. The van der Waals surface area contributed by atoms with Crippen molar-refractivity contribution in [3.63, 3.8) is 0 Å². The van der Waals surface area contributed by atoms with E-state index in [1.54, 1.807) is 0 Å². The van der Waals surface area contributed by atoms with Gasteiger partial charge in [-0.2, -0.15) is 0 Å². The Morgan fingerprint density at radius 1 is 1.41 bits per heavy atom. The molecule has 0 spiro atoms. The number of nitrogens with zero attached hydrogens (tertiary/aromatic N) is 2. The zero-order valence-electron chi connectivity index (χ0n) is 11.8. The first-order chi connectivity index (χ1) is 10.7. The van der Waals surface area contributed by atoms with Crippen molar-refractivity contribution in [2.45, 2.75) is 6.42 Å². The van der Waals surface area contributed by atoms with Gasteiger partial charge in [-0.05, 0) is 0 Å². The summed E-state index contributed by atoms with van der Waals surface area (Å²) in [5, 5.41) is 3.98. The van der Waals surface area contributed by atoms with Crippen molar-refractivity contribution in [3.8, 4) is 11.3 Å². The summed E-state index contributed by atoms with van der Waals surface area (Å²) < 4.78 is 10.2. The number of amides is 2.